The highest BCUT2D eigenvalue weighted by Crippen LogP contribution is 2.43. The molecular formula is C26H34N5O5+. The quantitative estimate of drug-likeness (QED) is 0.180. The third-order valence-electron chi connectivity index (χ3n) is 8.14. The van der Waals surface area contributed by atoms with Gasteiger partial charge in [-0.3, -0.25) is 14.8 Å². The SMILES string of the molecule is C[C@]1(C(=O)c2ccc(-n3ccnc3)cc2)CCC[N+]1(C(N)=O)C(=O)[C@H](CC1CCCC1)CN(O)C=O. The fraction of sp³-hybridized carbons (Fsp3) is 0.500. The van der Waals surface area contributed by atoms with Crippen LogP contribution >= 0.6 is 0 Å². The molecular weight excluding hydrogens is 462 g/mol. The number of ketones is 1. The molecule has 2 fully saturated rings. The lowest BCUT2D eigenvalue weighted by molar-refractivity contribution is -0.802. The Labute approximate surface area is 210 Å². The minimum absolute atomic E-state index is 0.108. The molecule has 10 heteroatoms. The van der Waals surface area contributed by atoms with Crippen molar-refractivity contribution in [2.75, 3.05) is 13.1 Å². The van der Waals surface area contributed by atoms with Crippen molar-refractivity contribution in [2.45, 2.75) is 57.4 Å². The Balaban J connectivity index is 1.68. The monoisotopic (exact) mass is 496 g/mol. The molecule has 2 aromatic rings. The van der Waals surface area contributed by atoms with E-state index in [2.05, 4.69) is 4.98 Å². The largest absolute Gasteiger partial charge is 0.422 e. The van der Waals surface area contributed by atoms with E-state index in [0.717, 1.165) is 31.4 Å². The molecule has 1 saturated heterocycles. The molecule has 3 atom stereocenters. The molecule has 1 aromatic heterocycles. The summed E-state index contributed by atoms with van der Waals surface area (Å²) in [6.07, 6.45) is 10.6. The highest BCUT2D eigenvalue weighted by molar-refractivity contribution is 6.05. The van der Waals surface area contributed by atoms with Gasteiger partial charge >= 0.3 is 11.9 Å². The summed E-state index contributed by atoms with van der Waals surface area (Å²) in [5, 5.41) is 10.4. The van der Waals surface area contributed by atoms with Gasteiger partial charge in [0.05, 0.1) is 25.3 Å². The second-order valence-electron chi connectivity index (χ2n) is 10.2. The normalized spacial score (nSPS) is 24.9. The number of hydrogen-bond acceptors (Lipinski definition) is 6. The molecule has 10 nitrogen and oxygen atoms in total. The summed E-state index contributed by atoms with van der Waals surface area (Å²) in [4.78, 5) is 56.4. The lowest BCUT2D eigenvalue weighted by atomic mass is 9.84. The van der Waals surface area contributed by atoms with Crippen molar-refractivity contribution in [3.05, 3.63) is 48.5 Å². The molecule has 36 heavy (non-hydrogen) atoms. The fourth-order valence-corrected chi connectivity index (χ4v) is 6.19. The summed E-state index contributed by atoms with van der Waals surface area (Å²) in [6, 6.07) is 6.05. The second-order valence-corrected chi connectivity index (χ2v) is 10.2. The Kier molecular flexibility index (Phi) is 7.37. The molecule has 4 amide bonds. The molecule has 4 rings (SSSR count). The molecule has 1 unspecified atom stereocenters. The second kappa shape index (κ2) is 10.3. The van der Waals surface area contributed by atoms with Crippen molar-refractivity contribution in [3.8, 4) is 5.69 Å². The standard InChI is InChI=1S/C26H33N5O5/c1-26(23(33)20-7-9-22(10-8-20)29-13-12-28-17-29)11-4-14-31(26,25(27)35)24(34)21(16-30(36)18-32)15-19-5-2-3-6-19/h7-10,12-13,17-19,21,36H,2-6,11,14-16H2,1H3,(H-,27,35)/p+1/t21-,26-,31?/m1/s1. The number of rotatable bonds is 9. The number of likely N-dealkylation sites (tertiary alicyclic amines) is 1. The smallest absolute Gasteiger partial charge is 0.318 e. The molecule has 192 valence electrons. The van der Waals surface area contributed by atoms with Gasteiger partial charge in [0.2, 0.25) is 12.2 Å². The third-order valence-corrected chi connectivity index (χ3v) is 8.14. The van der Waals surface area contributed by atoms with E-state index in [1.807, 2.05) is 0 Å². The molecule has 1 aromatic carbocycles. The van der Waals surface area contributed by atoms with Crippen molar-refractivity contribution in [1.29, 1.82) is 0 Å². The molecule has 1 aliphatic carbocycles. The van der Waals surface area contributed by atoms with E-state index in [1.54, 1.807) is 54.5 Å². The van der Waals surface area contributed by atoms with E-state index in [-0.39, 0.29) is 31.2 Å². The number of imidazole rings is 1. The lowest BCUT2D eigenvalue weighted by Gasteiger charge is -2.42. The third kappa shape index (κ3) is 4.46. The molecule has 1 aliphatic heterocycles. The molecule has 0 radical (unpaired) electrons. The van der Waals surface area contributed by atoms with Gasteiger partial charge in [-0.25, -0.2) is 19.6 Å². The van der Waals surface area contributed by atoms with Crippen molar-refractivity contribution < 1.29 is 28.9 Å². The zero-order valence-electron chi connectivity index (χ0n) is 20.6. The van der Waals surface area contributed by atoms with Crippen molar-refractivity contribution >= 4 is 24.1 Å². The van der Waals surface area contributed by atoms with Gasteiger partial charge in [-0.1, -0.05) is 25.7 Å². The van der Waals surface area contributed by atoms with Crippen LogP contribution in [0.25, 0.3) is 5.69 Å². The number of hydroxylamine groups is 2. The topological polar surface area (TPSA) is 136 Å². The summed E-state index contributed by atoms with van der Waals surface area (Å²) in [6.45, 7) is 1.50. The average Bonchev–Trinajstić information content (AvgIpc) is 3.65. The number of carbonyl (C=O) groups excluding carboxylic acids is 4. The summed E-state index contributed by atoms with van der Waals surface area (Å²) < 4.78 is 0.999. The number of quaternary nitrogens is 1. The van der Waals surface area contributed by atoms with Crippen LogP contribution in [-0.4, -0.2) is 67.1 Å². The lowest BCUT2D eigenvalue weighted by Crippen LogP contribution is -2.72. The first-order chi connectivity index (χ1) is 17.2. The van der Waals surface area contributed by atoms with Gasteiger partial charge in [0, 0.05) is 36.5 Å². The number of nitrogens with two attached hydrogens (primary N) is 1. The number of carbonyl (C=O) groups is 4. The Morgan fingerprint density at radius 2 is 1.94 bits per heavy atom. The number of hydrogen-bond donors (Lipinski definition) is 2. The maximum Gasteiger partial charge on any atom is 0.422 e. The van der Waals surface area contributed by atoms with Gasteiger partial charge < -0.3 is 10.3 Å². The van der Waals surface area contributed by atoms with E-state index in [1.165, 1.54) is 0 Å². The molecule has 0 spiro atoms. The maximum atomic E-state index is 14.2. The van der Waals surface area contributed by atoms with Gasteiger partial charge in [-0.2, -0.15) is 4.48 Å². The number of imide groups is 1. The van der Waals surface area contributed by atoms with Gasteiger partial charge in [-0.15, -0.1) is 0 Å². The van der Waals surface area contributed by atoms with Crippen LogP contribution in [0.5, 0.6) is 0 Å². The van der Waals surface area contributed by atoms with Gasteiger partial charge in [0.1, 0.15) is 0 Å². The van der Waals surface area contributed by atoms with Crippen LogP contribution in [0.15, 0.2) is 43.0 Å². The van der Waals surface area contributed by atoms with Crippen LogP contribution < -0.4 is 5.73 Å². The molecule has 2 aliphatic rings. The summed E-state index contributed by atoms with van der Waals surface area (Å²) >= 11 is 0. The highest BCUT2D eigenvalue weighted by atomic mass is 16.5. The first kappa shape index (κ1) is 25.7. The number of nitrogens with zero attached hydrogens (tertiary/aromatic N) is 4. The highest BCUT2D eigenvalue weighted by Gasteiger charge is 2.66. The number of amides is 4. The summed E-state index contributed by atoms with van der Waals surface area (Å²) in [5.41, 5.74) is 5.73. The van der Waals surface area contributed by atoms with Crippen molar-refractivity contribution in [3.63, 3.8) is 0 Å². The zero-order valence-corrected chi connectivity index (χ0v) is 20.6. The molecule has 3 N–H and O–H groups in total. The first-order valence-corrected chi connectivity index (χ1v) is 12.5. The minimum Gasteiger partial charge on any atom is -0.318 e. The number of benzene rings is 1. The van der Waals surface area contributed by atoms with E-state index in [4.69, 9.17) is 5.73 Å². The van der Waals surface area contributed by atoms with Crippen LogP contribution in [0.4, 0.5) is 4.79 Å². The van der Waals surface area contributed by atoms with Crippen molar-refractivity contribution in [1.82, 2.24) is 14.6 Å². The zero-order chi connectivity index (χ0) is 25.9. The van der Waals surface area contributed by atoms with Crippen LogP contribution in [0.3, 0.4) is 0 Å². The Bertz CT molecular complexity index is 1110. The predicted octanol–water partition coefficient (Wildman–Crippen LogP) is 3.07. The van der Waals surface area contributed by atoms with Crippen LogP contribution in [0.1, 0.15) is 62.2 Å². The van der Waals surface area contributed by atoms with Gasteiger partial charge in [-0.05, 0) is 43.5 Å². The van der Waals surface area contributed by atoms with E-state index >= 15 is 0 Å². The van der Waals surface area contributed by atoms with Gasteiger partial charge in [0.15, 0.2) is 5.54 Å². The fourth-order valence-electron chi connectivity index (χ4n) is 6.19. The Hall–Kier alpha value is -3.37. The number of primary amides is 1. The van der Waals surface area contributed by atoms with Crippen LogP contribution in [0, 0.1) is 11.8 Å². The van der Waals surface area contributed by atoms with Crippen LogP contribution in [0.2, 0.25) is 0 Å². The maximum absolute atomic E-state index is 14.2. The van der Waals surface area contributed by atoms with E-state index in [0.29, 0.717) is 29.9 Å². The van der Waals surface area contributed by atoms with Gasteiger partial charge in [0.25, 0.3) is 0 Å². The predicted molar refractivity (Wildman–Crippen MR) is 130 cm³/mol. The van der Waals surface area contributed by atoms with Crippen LogP contribution in [-0.2, 0) is 9.59 Å². The van der Waals surface area contributed by atoms with E-state index < -0.39 is 27.9 Å². The molecule has 0 bridgehead atoms. The Morgan fingerprint density at radius 1 is 1.25 bits per heavy atom. The van der Waals surface area contributed by atoms with Crippen molar-refractivity contribution in [2.24, 2.45) is 17.6 Å². The van der Waals surface area contributed by atoms with E-state index in [9.17, 15) is 24.4 Å². The summed E-state index contributed by atoms with van der Waals surface area (Å²) in [7, 11) is 0. The number of urea groups is 1. The average molecular weight is 497 g/mol. The molecule has 1 saturated carbocycles. The minimum atomic E-state index is -1.39. The first-order valence-electron chi connectivity index (χ1n) is 12.5. The molecule has 2 heterocycles. The number of Topliss-reactive ketones (excluding diaryl/α,β-unsaturated/α-hetero) is 1. The Morgan fingerprint density at radius 3 is 2.53 bits per heavy atom. The number of aromatic nitrogens is 2. The summed E-state index contributed by atoms with van der Waals surface area (Å²) in [5.74, 6) is -1.39.